The van der Waals surface area contributed by atoms with E-state index in [-0.39, 0.29) is 11.7 Å². The third-order valence-corrected chi connectivity index (χ3v) is 6.82. The Hall–Kier alpha value is -3.38. The lowest BCUT2D eigenvalue weighted by Gasteiger charge is -2.24. The van der Waals surface area contributed by atoms with Crippen LogP contribution < -0.4 is 4.90 Å². The number of rotatable bonds is 4. The highest BCUT2D eigenvalue weighted by molar-refractivity contribution is 7.99. The molecule has 0 bridgehead atoms. The molecule has 32 heavy (non-hydrogen) atoms. The maximum absolute atomic E-state index is 13.5. The first-order chi connectivity index (χ1) is 15.6. The van der Waals surface area contributed by atoms with Crippen molar-refractivity contribution in [3.63, 3.8) is 0 Å². The number of benzene rings is 3. The van der Waals surface area contributed by atoms with Gasteiger partial charge in [0.15, 0.2) is 11.0 Å². The molecule has 0 aliphatic carbocycles. The first-order valence-corrected chi connectivity index (χ1v) is 11.7. The van der Waals surface area contributed by atoms with Crippen LogP contribution in [0, 0.1) is 6.92 Å². The predicted molar refractivity (Wildman–Crippen MR) is 129 cm³/mol. The molecule has 2 heterocycles. The third-order valence-electron chi connectivity index (χ3n) is 5.81. The van der Waals surface area contributed by atoms with Crippen molar-refractivity contribution < 1.29 is 4.79 Å². The highest BCUT2D eigenvalue weighted by Crippen LogP contribution is 2.36. The molecule has 4 aromatic rings. The average molecular weight is 441 g/mol. The van der Waals surface area contributed by atoms with Gasteiger partial charge in [0.25, 0.3) is 0 Å². The van der Waals surface area contributed by atoms with Crippen LogP contribution in [0.1, 0.15) is 16.7 Å². The molecular weight excluding hydrogens is 416 g/mol. The summed E-state index contributed by atoms with van der Waals surface area (Å²) < 4.78 is 1.96. The van der Waals surface area contributed by atoms with Crippen molar-refractivity contribution >= 4 is 29.0 Å². The Morgan fingerprint density at radius 3 is 2.22 bits per heavy atom. The lowest BCUT2D eigenvalue weighted by atomic mass is 10.0. The Labute approximate surface area is 192 Å². The molecule has 1 aliphatic rings. The van der Waals surface area contributed by atoms with Crippen LogP contribution in [0.25, 0.3) is 11.4 Å². The number of thioether (sulfide) groups is 1. The summed E-state index contributed by atoms with van der Waals surface area (Å²) in [5, 5.41) is 9.45. The molecule has 1 amide bonds. The zero-order valence-electron chi connectivity index (χ0n) is 18.2. The van der Waals surface area contributed by atoms with E-state index in [1.165, 1.54) is 28.5 Å². The van der Waals surface area contributed by atoms with Gasteiger partial charge in [0.05, 0.1) is 17.1 Å². The monoisotopic (exact) mass is 440 g/mol. The van der Waals surface area contributed by atoms with E-state index in [1.54, 1.807) is 0 Å². The van der Waals surface area contributed by atoms with Crippen molar-refractivity contribution in [1.29, 1.82) is 0 Å². The maximum atomic E-state index is 13.5. The molecule has 0 fully saturated rings. The molecule has 0 spiro atoms. The van der Waals surface area contributed by atoms with Gasteiger partial charge in [0.1, 0.15) is 0 Å². The lowest BCUT2D eigenvalue weighted by molar-refractivity contribution is -0.115. The fourth-order valence-electron chi connectivity index (χ4n) is 4.22. The van der Waals surface area contributed by atoms with Gasteiger partial charge < -0.3 is 4.57 Å². The molecule has 0 unspecified atom stereocenters. The molecule has 0 saturated heterocycles. The van der Waals surface area contributed by atoms with E-state index in [2.05, 4.69) is 41.4 Å². The largest absolute Gasteiger partial charge is 0.305 e. The number of fused-ring (bicyclic) bond motifs is 2. The Morgan fingerprint density at radius 1 is 0.906 bits per heavy atom. The Bertz CT molecular complexity index is 1250. The quantitative estimate of drug-likeness (QED) is 0.402. The second kappa shape index (κ2) is 8.63. The first kappa shape index (κ1) is 20.5. The van der Waals surface area contributed by atoms with E-state index in [0.29, 0.717) is 0 Å². The SMILES string of the molecule is Cc1cccc(-c2nnc(SCC(=O)N3c4ccccc4CCc4ccccc43)n2C)c1. The number of para-hydroxylation sites is 2. The van der Waals surface area contributed by atoms with Crippen LogP contribution in [0.2, 0.25) is 0 Å². The number of aryl methyl sites for hydroxylation is 3. The number of aromatic nitrogens is 3. The van der Waals surface area contributed by atoms with E-state index >= 15 is 0 Å². The zero-order chi connectivity index (χ0) is 22.1. The Balaban J connectivity index is 1.42. The van der Waals surface area contributed by atoms with Crippen LogP contribution in [0.3, 0.4) is 0 Å². The van der Waals surface area contributed by atoms with Crippen LogP contribution in [0.5, 0.6) is 0 Å². The van der Waals surface area contributed by atoms with Crippen molar-refractivity contribution in [1.82, 2.24) is 14.8 Å². The van der Waals surface area contributed by atoms with Crippen molar-refractivity contribution in [3.8, 4) is 11.4 Å². The van der Waals surface area contributed by atoms with Crippen molar-refractivity contribution in [2.45, 2.75) is 24.9 Å². The molecule has 1 aliphatic heterocycles. The minimum atomic E-state index is 0.0388. The van der Waals surface area contributed by atoms with Gasteiger partial charge in [-0.05, 0) is 49.1 Å². The van der Waals surface area contributed by atoms with Crippen LogP contribution >= 0.6 is 11.8 Å². The summed E-state index contributed by atoms with van der Waals surface area (Å²) in [6.07, 6.45) is 1.85. The van der Waals surface area contributed by atoms with Gasteiger partial charge in [-0.25, -0.2) is 0 Å². The first-order valence-electron chi connectivity index (χ1n) is 10.7. The molecule has 0 atom stereocenters. The third kappa shape index (κ3) is 3.82. The molecule has 5 rings (SSSR count). The minimum absolute atomic E-state index is 0.0388. The Kier molecular flexibility index (Phi) is 5.53. The second-order valence-electron chi connectivity index (χ2n) is 8.01. The van der Waals surface area contributed by atoms with Crippen molar-refractivity contribution in [2.24, 2.45) is 7.05 Å². The van der Waals surface area contributed by atoms with Crippen LogP contribution in [-0.4, -0.2) is 26.4 Å². The van der Waals surface area contributed by atoms with Gasteiger partial charge in [0, 0.05) is 12.6 Å². The predicted octanol–water partition coefficient (Wildman–Crippen LogP) is 5.35. The zero-order valence-corrected chi connectivity index (χ0v) is 19.0. The summed E-state index contributed by atoms with van der Waals surface area (Å²) in [7, 11) is 1.95. The molecule has 0 radical (unpaired) electrons. The van der Waals surface area contributed by atoms with E-state index in [4.69, 9.17) is 0 Å². The number of amides is 1. The standard InChI is InChI=1S/C26H24N4OS/c1-18-8-7-11-21(16-18)25-27-28-26(29(25)2)32-17-24(31)30-22-12-5-3-9-19(22)14-15-20-10-4-6-13-23(20)30/h3-13,16H,14-15,17H2,1-2H3. The second-order valence-corrected chi connectivity index (χ2v) is 8.95. The van der Waals surface area contributed by atoms with E-state index in [1.807, 2.05) is 65.0 Å². The number of carbonyl (C=O) groups excluding carboxylic acids is 1. The summed E-state index contributed by atoms with van der Waals surface area (Å²) in [4.78, 5) is 15.4. The number of hydrogen-bond donors (Lipinski definition) is 0. The normalized spacial score (nSPS) is 12.8. The molecule has 0 N–H and O–H groups in total. The van der Waals surface area contributed by atoms with Gasteiger partial charge in [-0.3, -0.25) is 9.69 Å². The minimum Gasteiger partial charge on any atom is -0.305 e. The highest BCUT2D eigenvalue weighted by Gasteiger charge is 2.26. The van der Waals surface area contributed by atoms with Gasteiger partial charge in [-0.15, -0.1) is 10.2 Å². The van der Waals surface area contributed by atoms with Gasteiger partial charge >= 0.3 is 0 Å². The van der Waals surface area contributed by atoms with Crippen LogP contribution in [-0.2, 0) is 24.7 Å². The van der Waals surface area contributed by atoms with E-state index in [9.17, 15) is 4.79 Å². The van der Waals surface area contributed by atoms with Crippen LogP contribution in [0.15, 0.2) is 78.0 Å². The van der Waals surface area contributed by atoms with Gasteiger partial charge in [-0.1, -0.05) is 71.9 Å². The molecule has 1 aromatic heterocycles. The molecule has 160 valence electrons. The van der Waals surface area contributed by atoms with E-state index < -0.39 is 0 Å². The maximum Gasteiger partial charge on any atom is 0.242 e. The fourth-order valence-corrected chi connectivity index (χ4v) is 4.98. The lowest BCUT2D eigenvalue weighted by Crippen LogP contribution is -2.28. The molecule has 3 aromatic carbocycles. The fraction of sp³-hybridized carbons (Fsp3) is 0.192. The summed E-state index contributed by atoms with van der Waals surface area (Å²) in [5.41, 5.74) is 6.54. The van der Waals surface area contributed by atoms with Gasteiger partial charge in [0.2, 0.25) is 5.91 Å². The molecule has 6 heteroatoms. The summed E-state index contributed by atoms with van der Waals surface area (Å²) in [5.74, 6) is 1.12. The van der Waals surface area contributed by atoms with Gasteiger partial charge in [-0.2, -0.15) is 0 Å². The molecular formula is C26H24N4OS. The molecule has 0 saturated carbocycles. The average Bonchev–Trinajstić information content (AvgIpc) is 3.08. The van der Waals surface area contributed by atoms with Crippen molar-refractivity contribution in [3.05, 3.63) is 89.5 Å². The summed E-state index contributed by atoms with van der Waals surface area (Å²) >= 11 is 1.42. The van der Waals surface area contributed by atoms with Crippen molar-refractivity contribution in [2.75, 3.05) is 10.7 Å². The highest BCUT2D eigenvalue weighted by atomic mass is 32.2. The number of carbonyl (C=O) groups is 1. The molecule has 5 nitrogen and oxygen atoms in total. The Morgan fingerprint density at radius 2 is 1.56 bits per heavy atom. The van der Waals surface area contributed by atoms with E-state index in [0.717, 1.165) is 40.8 Å². The summed E-state index contributed by atoms with van der Waals surface area (Å²) in [6, 6.07) is 24.6. The smallest absolute Gasteiger partial charge is 0.242 e. The number of hydrogen-bond acceptors (Lipinski definition) is 4. The van der Waals surface area contributed by atoms with Crippen LogP contribution in [0.4, 0.5) is 11.4 Å². The summed E-state index contributed by atoms with van der Waals surface area (Å²) in [6.45, 7) is 2.06. The topological polar surface area (TPSA) is 51.0 Å². The number of nitrogens with zero attached hydrogens (tertiary/aromatic N) is 4. The number of anilines is 2.